The lowest BCUT2D eigenvalue weighted by Gasteiger charge is -2.31. The van der Waals surface area contributed by atoms with Gasteiger partial charge in [0.1, 0.15) is 11.0 Å². The van der Waals surface area contributed by atoms with Crippen molar-refractivity contribution in [1.29, 1.82) is 0 Å². The first-order valence-electron chi connectivity index (χ1n) is 15.0. The second-order valence-corrected chi connectivity index (χ2v) is 13.7. The van der Waals surface area contributed by atoms with Crippen LogP contribution in [0.2, 0.25) is 5.02 Å². The number of amides is 3. The molecule has 1 saturated heterocycles. The second kappa shape index (κ2) is 12.9. The van der Waals surface area contributed by atoms with Gasteiger partial charge in [-0.2, -0.15) is 0 Å². The van der Waals surface area contributed by atoms with Crippen LogP contribution in [-0.4, -0.2) is 47.1 Å². The first-order valence-corrected chi connectivity index (χ1v) is 17.1. The number of aromatic amines is 1. The highest BCUT2D eigenvalue weighted by molar-refractivity contribution is 8.00. The molecular formula is C35H26ClN3O7S2. The summed E-state index contributed by atoms with van der Waals surface area (Å²) in [5, 5.41) is 4.72. The molecule has 10 nitrogen and oxygen atoms in total. The van der Waals surface area contributed by atoms with Crippen molar-refractivity contribution in [3.63, 3.8) is 0 Å². The molecule has 1 fully saturated rings. The van der Waals surface area contributed by atoms with Gasteiger partial charge >= 0.3 is 10.8 Å². The van der Waals surface area contributed by atoms with Crippen LogP contribution >= 0.6 is 34.7 Å². The van der Waals surface area contributed by atoms with E-state index in [1.54, 1.807) is 25.1 Å². The van der Waals surface area contributed by atoms with Gasteiger partial charge in [-0.25, -0.2) is 9.69 Å². The molecule has 1 aromatic heterocycles. The predicted octanol–water partition coefficient (Wildman–Crippen LogP) is 6.23. The minimum absolute atomic E-state index is 0.210. The monoisotopic (exact) mass is 699 g/mol. The Balaban J connectivity index is 1.20. The molecule has 0 saturated carbocycles. The minimum atomic E-state index is -0.920. The number of carbonyl (C=O) groups excluding carboxylic acids is 4. The Morgan fingerprint density at radius 2 is 1.73 bits per heavy atom. The number of aromatic nitrogens is 1. The molecule has 2 aliphatic rings. The molecule has 48 heavy (non-hydrogen) atoms. The van der Waals surface area contributed by atoms with E-state index in [4.69, 9.17) is 21.1 Å². The van der Waals surface area contributed by atoms with Gasteiger partial charge in [0.25, 0.3) is 5.91 Å². The number of hydrogen-bond donors (Lipinski definition) is 2. The third-order valence-corrected chi connectivity index (χ3v) is 10.8. The molecule has 4 aromatic carbocycles. The number of anilines is 2. The summed E-state index contributed by atoms with van der Waals surface area (Å²) in [6.45, 7) is 1.56. The van der Waals surface area contributed by atoms with Gasteiger partial charge < -0.3 is 19.8 Å². The third kappa shape index (κ3) is 5.76. The lowest BCUT2D eigenvalue weighted by molar-refractivity contribution is -0.122. The third-order valence-electron chi connectivity index (χ3n) is 8.19. The number of H-pyrrole nitrogens is 1. The summed E-state index contributed by atoms with van der Waals surface area (Å²) in [5.41, 5.74) is 1.69. The molecule has 0 spiro atoms. The van der Waals surface area contributed by atoms with Crippen molar-refractivity contribution in [1.82, 2.24) is 4.98 Å². The van der Waals surface area contributed by atoms with Crippen molar-refractivity contribution >= 4 is 80.5 Å². The highest BCUT2D eigenvalue weighted by atomic mass is 35.5. The molecule has 2 unspecified atom stereocenters. The van der Waals surface area contributed by atoms with Crippen molar-refractivity contribution in [3.8, 4) is 5.75 Å². The average molecular weight is 700 g/mol. The summed E-state index contributed by atoms with van der Waals surface area (Å²) < 4.78 is 11.1. The molecule has 3 heterocycles. The van der Waals surface area contributed by atoms with E-state index < -0.39 is 40.8 Å². The predicted molar refractivity (Wildman–Crippen MR) is 184 cm³/mol. The van der Waals surface area contributed by atoms with Gasteiger partial charge in [0.15, 0.2) is 6.61 Å². The van der Waals surface area contributed by atoms with E-state index in [9.17, 15) is 24.0 Å². The summed E-state index contributed by atoms with van der Waals surface area (Å²) in [5.74, 6) is -3.27. The van der Waals surface area contributed by atoms with Gasteiger partial charge in [-0.3, -0.25) is 19.2 Å². The van der Waals surface area contributed by atoms with E-state index in [1.165, 1.54) is 24.3 Å². The normalized spacial score (nSPS) is 18.4. The number of halogens is 1. The molecule has 5 aromatic rings. The van der Waals surface area contributed by atoms with Crippen LogP contribution in [0.25, 0.3) is 10.8 Å². The van der Waals surface area contributed by atoms with Crippen LogP contribution in [0.4, 0.5) is 11.4 Å². The highest BCUT2D eigenvalue weighted by Gasteiger charge is 2.57. The number of thioether (sulfide) groups is 1. The maximum Gasteiger partial charge on any atom is 0.338 e. The lowest BCUT2D eigenvalue weighted by atomic mass is 9.82. The van der Waals surface area contributed by atoms with Crippen LogP contribution in [0.3, 0.4) is 0 Å². The van der Waals surface area contributed by atoms with Crippen LogP contribution in [0, 0.1) is 5.92 Å². The number of nitrogens with zero attached hydrogens (tertiary/aromatic N) is 1. The van der Waals surface area contributed by atoms with Gasteiger partial charge in [-0.15, -0.1) is 0 Å². The van der Waals surface area contributed by atoms with E-state index in [0.29, 0.717) is 31.9 Å². The van der Waals surface area contributed by atoms with Crippen molar-refractivity contribution in [3.05, 3.63) is 116 Å². The number of nitrogens with one attached hydrogen (secondary N) is 2. The van der Waals surface area contributed by atoms with Crippen LogP contribution in [0.5, 0.6) is 5.75 Å². The molecule has 0 bridgehead atoms. The summed E-state index contributed by atoms with van der Waals surface area (Å²) in [6, 6.07) is 24.2. The number of fused-ring (bicyclic) bond motifs is 3. The van der Waals surface area contributed by atoms with Crippen LogP contribution < -0.4 is 19.8 Å². The fourth-order valence-electron chi connectivity index (χ4n) is 6.13. The quantitative estimate of drug-likeness (QED) is 0.144. The standard InChI is InChI=1S/C35H26ClN3O7S2/c1-2-45-34(43)19-10-13-21(14-11-19)39-32(41)28-27(29-31(38-35(44)48-29)47-30(28)33(39)42)23-16-20(36)12-15-25(23)46-17-26(40)37-24-9-5-7-18-6-3-4-8-22(18)24/h3-16,27-28,30H,2,17H2,1H3,(H,37,40)(H,38,44)/t27-,28?,30?/m1/s1. The Morgan fingerprint density at radius 1 is 0.958 bits per heavy atom. The van der Waals surface area contributed by atoms with E-state index in [-0.39, 0.29) is 29.4 Å². The molecular weight excluding hydrogens is 674 g/mol. The fraction of sp³-hybridized carbons (Fsp3) is 0.171. The zero-order valence-corrected chi connectivity index (χ0v) is 27.6. The van der Waals surface area contributed by atoms with Crippen molar-refractivity contribution in [2.45, 2.75) is 23.1 Å². The van der Waals surface area contributed by atoms with Gasteiger partial charge in [0.05, 0.1) is 28.8 Å². The topological polar surface area (TPSA) is 135 Å². The number of imide groups is 1. The first kappa shape index (κ1) is 31.7. The Labute approximate surface area is 287 Å². The number of benzene rings is 4. The smallest absolute Gasteiger partial charge is 0.338 e. The maximum absolute atomic E-state index is 14.2. The zero-order chi connectivity index (χ0) is 33.5. The van der Waals surface area contributed by atoms with Gasteiger partial charge in [-0.05, 0) is 60.8 Å². The van der Waals surface area contributed by atoms with E-state index in [0.717, 1.165) is 38.8 Å². The zero-order valence-electron chi connectivity index (χ0n) is 25.2. The summed E-state index contributed by atoms with van der Waals surface area (Å²) in [6.07, 6.45) is 0. The van der Waals surface area contributed by atoms with E-state index in [1.807, 2.05) is 42.5 Å². The average Bonchev–Trinajstić information content (AvgIpc) is 3.58. The molecule has 3 atom stereocenters. The Bertz CT molecular complexity index is 2160. The molecule has 2 N–H and O–H groups in total. The van der Waals surface area contributed by atoms with Crippen LogP contribution in [-0.2, 0) is 19.1 Å². The number of thiazole rings is 1. The molecule has 2 aliphatic heterocycles. The van der Waals surface area contributed by atoms with Gasteiger partial charge in [-0.1, -0.05) is 71.1 Å². The molecule has 242 valence electrons. The number of hydrogen-bond acceptors (Lipinski definition) is 9. The number of esters is 1. The molecule has 7 rings (SSSR count). The summed E-state index contributed by atoms with van der Waals surface area (Å²) in [7, 11) is 0. The van der Waals surface area contributed by atoms with Crippen molar-refractivity contribution in [2.24, 2.45) is 5.92 Å². The molecule has 0 radical (unpaired) electrons. The summed E-state index contributed by atoms with van der Waals surface area (Å²) >= 11 is 8.57. The van der Waals surface area contributed by atoms with Gasteiger partial charge in [0, 0.05) is 32.5 Å². The SMILES string of the molecule is CCOC(=O)c1ccc(N2C(=O)C3Sc4[nH]c(=O)sc4[C@H](c4cc(Cl)ccc4OCC(=O)Nc4cccc5ccccc45)C3C2=O)cc1. The number of carbonyl (C=O) groups is 4. The Hall–Kier alpha value is -4.91. The number of ether oxygens (including phenoxy) is 2. The molecule has 3 amide bonds. The Kier molecular flexibility index (Phi) is 8.54. The lowest BCUT2D eigenvalue weighted by Crippen LogP contribution is -2.32. The van der Waals surface area contributed by atoms with Crippen molar-refractivity contribution in [2.75, 3.05) is 23.4 Å². The van der Waals surface area contributed by atoms with E-state index >= 15 is 0 Å². The van der Waals surface area contributed by atoms with Gasteiger partial charge in [0.2, 0.25) is 11.8 Å². The first-order chi connectivity index (χ1) is 23.2. The Morgan fingerprint density at radius 3 is 2.52 bits per heavy atom. The largest absolute Gasteiger partial charge is 0.483 e. The minimum Gasteiger partial charge on any atom is -0.483 e. The highest BCUT2D eigenvalue weighted by Crippen LogP contribution is 2.54. The van der Waals surface area contributed by atoms with Crippen LogP contribution in [0.15, 0.2) is 94.7 Å². The fourth-order valence-corrected chi connectivity index (χ4v) is 8.81. The molecule has 0 aliphatic carbocycles. The van der Waals surface area contributed by atoms with Crippen molar-refractivity contribution < 1.29 is 28.7 Å². The maximum atomic E-state index is 14.2. The van der Waals surface area contributed by atoms with Crippen LogP contribution in [0.1, 0.15) is 33.6 Å². The van der Waals surface area contributed by atoms with E-state index in [2.05, 4.69) is 10.3 Å². The molecule has 13 heteroatoms. The number of rotatable bonds is 8. The second-order valence-electron chi connectivity index (χ2n) is 11.1. The summed E-state index contributed by atoms with van der Waals surface area (Å²) in [4.78, 5) is 70.2.